The monoisotopic (exact) mass is 388 g/mol. The smallest absolute Gasteiger partial charge is 0.274 e. The van der Waals surface area contributed by atoms with Crippen LogP contribution in [0.15, 0.2) is 18.2 Å². The van der Waals surface area contributed by atoms with Gasteiger partial charge in [0.05, 0.1) is 35.5 Å². The van der Waals surface area contributed by atoms with Crippen molar-refractivity contribution < 1.29 is 13.2 Å². The molecule has 1 heterocycles. The molecule has 0 radical (unpaired) electrons. The summed E-state index contributed by atoms with van der Waals surface area (Å²) in [5.41, 5.74) is 2.13. The van der Waals surface area contributed by atoms with Crippen LogP contribution in [0, 0.1) is 22.7 Å². The second-order valence-corrected chi connectivity index (χ2v) is 7.04. The highest BCUT2D eigenvalue weighted by Gasteiger charge is 2.18. The van der Waals surface area contributed by atoms with Crippen LogP contribution >= 0.6 is 0 Å². The molecule has 10 heteroatoms. The quantitative estimate of drug-likeness (QED) is 0.697. The van der Waals surface area contributed by atoms with Crippen LogP contribution in [0.2, 0.25) is 0 Å². The topological polar surface area (TPSA) is 147 Å². The molecule has 0 unspecified atom stereocenters. The molecule has 1 aromatic carbocycles. The van der Waals surface area contributed by atoms with Crippen LogP contribution in [0.25, 0.3) is 0 Å². The van der Waals surface area contributed by atoms with E-state index in [1.165, 1.54) is 6.07 Å². The number of nitriles is 2. The predicted molar refractivity (Wildman–Crippen MR) is 98.0 cm³/mol. The van der Waals surface area contributed by atoms with E-state index >= 15 is 0 Å². The van der Waals surface area contributed by atoms with Gasteiger partial charge in [-0.25, -0.2) is 9.86 Å². The number of nitrogens with two attached hydrogens (primary N) is 1. The van der Waals surface area contributed by atoms with Gasteiger partial charge in [0, 0.05) is 6.54 Å². The second-order valence-electron chi connectivity index (χ2n) is 5.66. The number of rotatable bonds is 8. The number of hydrogen-bond acceptors (Lipinski definition) is 6. The summed E-state index contributed by atoms with van der Waals surface area (Å²) < 4.78 is 31.9. The lowest BCUT2D eigenvalue weighted by Gasteiger charge is -2.10. The molecule has 3 N–H and O–H groups in total. The predicted octanol–water partition coefficient (Wildman–Crippen LogP) is 1.34. The Bertz CT molecular complexity index is 982. The molecule has 9 nitrogen and oxygen atoms in total. The van der Waals surface area contributed by atoms with Crippen molar-refractivity contribution in [3.63, 3.8) is 0 Å². The fraction of sp³-hybridized carbons (Fsp3) is 0.353. The fourth-order valence-electron chi connectivity index (χ4n) is 2.61. The molecular formula is C17H20N6O3S. The molecule has 0 bridgehead atoms. The van der Waals surface area contributed by atoms with E-state index in [-0.39, 0.29) is 13.1 Å². The van der Waals surface area contributed by atoms with Crippen LogP contribution in [0.1, 0.15) is 36.4 Å². The molecular weight excluding hydrogens is 368 g/mol. The SMILES string of the molecule is CCc1nn(CCNS(N)(=O)=O)c(CC)c1Oc1cc(C#N)cc(C#N)c1. The molecule has 0 atom stereocenters. The van der Waals surface area contributed by atoms with Crippen molar-refractivity contribution in [3.8, 4) is 23.6 Å². The second kappa shape index (κ2) is 8.64. The van der Waals surface area contributed by atoms with Gasteiger partial charge in [-0.05, 0) is 31.0 Å². The van der Waals surface area contributed by atoms with Crippen molar-refractivity contribution in [3.05, 3.63) is 40.7 Å². The molecule has 0 aliphatic carbocycles. The van der Waals surface area contributed by atoms with Crippen LogP contribution in [0.3, 0.4) is 0 Å². The van der Waals surface area contributed by atoms with Crippen molar-refractivity contribution in [2.75, 3.05) is 6.54 Å². The normalized spacial score (nSPS) is 11.0. The Hall–Kier alpha value is -2.92. The third-order valence-electron chi connectivity index (χ3n) is 3.76. The number of aryl methyl sites for hydroxylation is 1. The Morgan fingerprint density at radius 3 is 2.30 bits per heavy atom. The largest absolute Gasteiger partial charge is 0.453 e. The molecule has 2 aromatic rings. The third-order valence-corrected chi connectivity index (χ3v) is 4.36. The minimum absolute atomic E-state index is 0.0958. The van der Waals surface area contributed by atoms with Crippen molar-refractivity contribution in [1.29, 1.82) is 10.5 Å². The molecule has 0 amide bonds. The fourth-order valence-corrected chi connectivity index (χ4v) is 2.99. The van der Waals surface area contributed by atoms with Crippen LogP contribution in [0.4, 0.5) is 0 Å². The zero-order chi connectivity index (χ0) is 20.0. The molecule has 2 rings (SSSR count). The minimum Gasteiger partial charge on any atom is -0.453 e. The maximum atomic E-state index is 11.0. The zero-order valence-corrected chi connectivity index (χ0v) is 15.9. The lowest BCUT2D eigenvalue weighted by Crippen LogP contribution is -2.33. The van der Waals surface area contributed by atoms with Gasteiger partial charge in [0.1, 0.15) is 11.4 Å². The molecule has 0 saturated carbocycles. The van der Waals surface area contributed by atoms with Crippen molar-refractivity contribution in [2.24, 2.45) is 5.14 Å². The van der Waals surface area contributed by atoms with E-state index in [0.717, 1.165) is 5.69 Å². The standard InChI is InChI=1S/C17H20N6O3S/c1-3-15-17(26-14-8-12(10-18)7-13(9-14)11-19)16(4-2)23(22-15)6-5-21-27(20,24)25/h7-9,21H,3-6H2,1-2H3,(H2,20,24,25). The number of benzene rings is 1. The third kappa shape index (κ3) is 5.28. The van der Waals surface area contributed by atoms with Gasteiger partial charge in [0.2, 0.25) is 0 Å². The Kier molecular flexibility index (Phi) is 6.53. The van der Waals surface area contributed by atoms with Gasteiger partial charge in [-0.15, -0.1) is 0 Å². The Balaban J connectivity index is 2.36. The molecule has 27 heavy (non-hydrogen) atoms. The molecule has 1 aromatic heterocycles. The first-order chi connectivity index (χ1) is 12.8. The van der Waals surface area contributed by atoms with Gasteiger partial charge in [-0.3, -0.25) is 4.68 Å². The Labute approximate surface area is 158 Å². The minimum atomic E-state index is -3.77. The van der Waals surface area contributed by atoms with Crippen molar-refractivity contribution >= 4 is 10.2 Å². The maximum Gasteiger partial charge on any atom is 0.274 e. The maximum absolute atomic E-state index is 11.0. The van der Waals surface area contributed by atoms with E-state index in [1.54, 1.807) is 16.8 Å². The van der Waals surface area contributed by atoms with Gasteiger partial charge in [0.15, 0.2) is 5.75 Å². The summed E-state index contributed by atoms with van der Waals surface area (Å²) in [4.78, 5) is 0. The molecule has 142 valence electrons. The zero-order valence-electron chi connectivity index (χ0n) is 15.1. The van der Waals surface area contributed by atoms with Crippen LogP contribution in [-0.4, -0.2) is 24.7 Å². The van der Waals surface area contributed by atoms with Gasteiger partial charge in [-0.2, -0.15) is 24.0 Å². The van der Waals surface area contributed by atoms with E-state index in [2.05, 4.69) is 9.82 Å². The van der Waals surface area contributed by atoms with Crippen LogP contribution in [0.5, 0.6) is 11.5 Å². The Morgan fingerprint density at radius 1 is 1.19 bits per heavy atom. The van der Waals surface area contributed by atoms with E-state index in [1.807, 2.05) is 26.0 Å². The molecule has 0 aliphatic heterocycles. The number of aromatic nitrogens is 2. The van der Waals surface area contributed by atoms with Crippen molar-refractivity contribution in [2.45, 2.75) is 33.2 Å². The summed E-state index contributed by atoms with van der Waals surface area (Å²) in [6.45, 7) is 4.24. The summed E-state index contributed by atoms with van der Waals surface area (Å²) in [5.74, 6) is 0.923. The van der Waals surface area contributed by atoms with Gasteiger partial charge >= 0.3 is 0 Å². The molecule has 0 fully saturated rings. The molecule has 0 aliphatic rings. The van der Waals surface area contributed by atoms with E-state index < -0.39 is 10.2 Å². The first-order valence-electron chi connectivity index (χ1n) is 8.30. The van der Waals surface area contributed by atoms with Gasteiger partial charge in [-0.1, -0.05) is 13.8 Å². The number of ether oxygens (including phenoxy) is 1. The lowest BCUT2D eigenvalue weighted by atomic mass is 10.1. The summed E-state index contributed by atoms with van der Waals surface area (Å²) in [5, 5.41) is 27.7. The highest BCUT2D eigenvalue weighted by atomic mass is 32.2. The Morgan fingerprint density at radius 2 is 1.81 bits per heavy atom. The summed E-state index contributed by atoms with van der Waals surface area (Å²) in [6.07, 6.45) is 1.20. The highest BCUT2D eigenvalue weighted by Crippen LogP contribution is 2.31. The van der Waals surface area contributed by atoms with Crippen LogP contribution in [-0.2, 0) is 29.6 Å². The summed E-state index contributed by atoms with van der Waals surface area (Å²) in [6, 6.07) is 8.60. The average Bonchev–Trinajstić information content (AvgIpc) is 2.96. The number of hydrogen-bond donors (Lipinski definition) is 2. The van der Waals surface area contributed by atoms with Crippen molar-refractivity contribution in [1.82, 2.24) is 14.5 Å². The van der Waals surface area contributed by atoms with E-state index in [0.29, 0.717) is 41.2 Å². The first kappa shape index (κ1) is 20.4. The summed E-state index contributed by atoms with van der Waals surface area (Å²) in [7, 11) is -3.77. The van der Waals surface area contributed by atoms with Gasteiger partial charge < -0.3 is 4.74 Å². The first-order valence-corrected chi connectivity index (χ1v) is 9.85. The molecule has 0 spiro atoms. The average molecular weight is 388 g/mol. The van der Waals surface area contributed by atoms with E-state index in [9.17, 15) is 8.42 Å². The lowest BCUT2D eigenvalue weighted by molar-refractivity contribution is 0.467. The van der Waals surface area contributed by atoms with Crippen LogP contribution < -0.4 is 14.6 Å². The van der Waals surface area contributed by atoms with Gasteiger partial charge in [0.25, 0.3) is 10.2 Å². The molecule has 0 saturated heterocycles. The number of nitrogens with zero attached hydrogens (tertiary/aromatic N) is 4. The number of nitrogens with one attached hydrogen (secondary N) is 1. The summed E-state index contributed by atoms with van der Waals surface area (Å²) >= 11 is 0. The highest BCUT2D eigenvalue weighted by molar-refractivity contribution is 7.87. The van der Waals surface area contributed by atoms with E-state index in [4.69, 9.17) is 20.4 Å².